The Labute approximate surface area is 117 Å². The molecule has 0 bridgehead atoms. The number of hydrogen-bond acceptors (Lipinski definition) is 4. The third-order valence-corrected chi connectivity index (χ3v) is 4.59. The second-order valence-electron chi connectivity index (χ2n) is 5.49. The Morgan fingerprint density at radius 1 is 1.45 bits per heavy atom. The SMILES string of the molecule is C[C@@H](NS(=O)(=O)c1ccc2c(c1)CC(C)(C)O2)C(=O)O. The average molecular weight is 299 g/mol. The van der Waals surface area contributed by atoms with Crippen LogP contribution in [-0.2, 0) is 21.2 Å². The second-order valence-corrected chi connectivity index (χ2v) is 7.20. The van der Waals surface area contributed by atoms with Crippen LogP contribution in [0.25, 0.3) is 0 Å². The number of fused-ring (bicyclic) bond motifs is 1. The van der Waals surface area contributed by atoms with Gasteiger partial charge in [-0.3, -0.25) is 4.79 Å². The Hall–Kier alpha value is -1.60. The highest BCUT2D eigenvalue weighted by atomic mass is 32.2. The first-order valence-corrected chi connectivity index (χ1v) is 7.66. The second kappa shape index (κ2) is 4.75. The molecule has 1 aromatic rings. The molecule has 20 heavy (non-hydrogen) atoms. The van der Waals surface area contributed by atoms with Crippen molar-refractivity contribution in [3.63, 3.8) is 0 Å². The summed E-state index contributed by atoms with van der Waals surface area (Å²) in [5.41, 5.74) is 0.452. The van der Waals surface area contributed by atoms with E-state index in [1.54, 1.807) is 6.07 Å². The average Bonchev–Trinajstić information content (AvgIpc) is 2.60. The van der Waals surface area contributed by atoms with Gasteiger partial charge in [0.1, 0.15) is 17.4 Å². The molecule has 0 amide bonds. The van der Waals surface area contributed by atoms with E-state index >= 15 is 0 Å². The smallest absolute Gasteiger partial charge is 0.321 e. The van der Waals surface area contributed by atoms with E-state index in [1.807, 2.05) is 13.8 Å². The molecule has 0 aromatic heterocycles. The molecule has 1 aliphatic heterocycles. The van der Waals surface area contributed by atoms with Crippen molar-refractivity contribution in [3.05, 3.63) is 23.8 Å². The minimum absolute atomic E-state index is 0.0469. The lowest BCUT2D eigenvalue weighted by Gasteiger charge is -2.16. The maximum Gasteiger partial charge on any atom is 0.321 e. The predicted molar refractivity (Wildman–Crippen MR) is 72.3 cm³/mol. The molecule has 7 heteroatoms. The monoisotopic (exact) mass is 299 g/mol. The molecule has 1 atom stereocenters. The molecule has 110 valence electrons. The molecule has 0 fully saturated rings. The number of rotatable bonds is 4. The Balaban J connectivity index is 2.29. The zero-order valence-corrected chi connectivity index (χ0v) is 12.3. The van der Waals surface area contributed by atoms with Gasteiger partial charge in [-0.1, -0.05) is 0 Å². The number of carboxylic acids is 1. The molecular weight excluding hydrogens is 282 g/mol. The number of nitrogens with one attached hydrogen (secondary N) is 1. The number of ether oxygens (including phenoxy) is 1. The van der Waals surface area contributed by atoms with Gasteiger partial charge in [0.2, 0.25) is 10.0 Å². The normalized spacial score (nSPS) is 18.1. The van der Waals surface area contributed by atoms with Gasteiger partial charge in [0.15, 0.2) is 0 Å². The van der Waals surface area contributed by atoms with E-state index in [0.717, 1.165) is 5.56 Å². The number of benzene rings is 1. The quantitative estimate of drug-likeness (QED) is 0.870. The van der Waals surface area contributed by atoms with E-state index in [-0.39, 0.29) is 10.5 Å². The third kappa shape index (κ3) is 2.94. The van der Waals surface area contributed by atoms with Gasteiger partial charge in [0, 0.05) is 6.42 Å². The minimum Gasteiger partial charge on any atom is -0.487 e. The molecule has 2 N–H and O–H groups in total. The van der Waals surface area contributed by atoms with Crippen LogP contribution >= 0.6 is 0 Å². The number of aliphatic carboxylic acids is 1. The van der Waals surface area contributed by atoms with Crippen LogP contribution in [0.4, 0.5) is 0 Å². The van der Waals surface area contributed by atoms with Gasteiger partial charge in [-0.15, -0.1) is 0 Å². The largest absolute Gasteiger partial charge is 0.487 e. The first-order chi connectivity index (χ1) is 9.11. The van der Waals surface area contributed by atoms with Crippen molar-refractivity contribution in [3.8, 4) is 5.75 Å². The van der Waals surface area contributed by atoms with Crippen LogP contribution in [0.2, 0.25) is 0 Å². The maximum absolute atomic E-state index is 12.1. The molecule has 0 saturated heterocycles. The molecule has 2 rings (SSSR count). The summed E-state index contributed by atoms with van der Waals surface area (Å²) in [6.45, 7) is 5.12. The van der Waals surface area contributed by atoms with Crippen molar-refractivity contribution in [1.82, 2.24) is 4.72 Å². The fourth-order valence-electron chi connectivity index (χ4n) is 2.10. The molecule has 0 saturated carbocycles. The minimum atomic E-state index is -3.85. The lowest BCUT2D eigenvalue weighted by molar-refractivity contribution is -0.138. The van der Waals surface area contributed by atoms with E-state index in [9.17, 15) is 13.2 Å². The van der Waals surface area contributed by atoms with E-state index < -0.39 is 22.0 Å². The van der Waals surface area contributed by atoms with Crippen molar-refractivity contribution >= 4 is 16.0 Å². The van der Waals surface area contributed by atoms with Crippen molar-refractivity contribution < 1.29 is 23.1 Å². The topological polar surface area (TPSA) is 92.7 Å². The van der Waals surface area contributed by atoms with Crippen LogP contribution < -0.4 is 9.46 Å². The summed E-state index contributed by atoms with van der Waals surface area (Å²) in [5, 5.41) is 8.77. The van der Waals surface area contributed by atoms with Gasteiger partial charge in [-0.25, -0.2) is 8.42 Å². The van der Waals surface area contributed by atoms with Gasteiger partial charge in [0.25, 0.3) is 0 Å². The van der Waals surface area contributed by atoms with E-state index in [1.165, 1.54) is 19.1 Å². The number of sulfonamides is 1. The van der Waals surface area contributed by atoms with E-state index in [2.05, 4.69) is 4.72 Å². The number of hydrogen-bond donors (Lipinski definition) is 2. The molecule has 6 nitrogen and oxygen atoms in total. The fraction of sp³-hybridized carbons (Fsp3) is 0.462. The van der Waals surface area contributed by atoms with Crippen LogP contribution in [-0.4, -0.2) is 31.1 Å². The van der Waals surface area contributed by atoms with Crippen LogP contribution in [0.1, 0.15) is 26.3 Å². The maximum atomic E-state index is 12.1. The van der Waals surface area contributed by atoms with Crippen LogP contribution in [0.5, 0.6) is 5.75 Å². The number of carbonyl (C=O) groups is 1. The molecule has 0 spiro atoms. The van der Waals surface area contributed by atoms with Gasteiger partial charge >= 0.3 is 5.97 Å². The summed E-state index contributed by atoms with van der Waals surface area (Å²) in [6.07, 6.45) is 0.611. The molecule has 0 radical (unpaired) electrons. The first kappa shape index (κ1) is 14.8. The Bertz CT molecular complexity index is 651. The van der Waals surface area contributed by atoms with Crippen molar-refractivity contribution in [1.29, 1.82) is 0 Å². The van der Waals surface area contributed by atoms with Crippen LogP contribution in [0, 0.1) is 0 Å². The van der Waals surface area contributed by atoms with Crippen molar-refractivity contribution in [2.24, 2.45) is 0 Å². The lowest BCUT2D eigenvalue weighted by Crippen LogP contribution is -2.38. The van der Waals surface area contributed by atoms with Crippen LogP contribution in [0.3, 0.4) is 0 Å². The zero-order chi connectivity index (χ0) is 15.1. The lowest BCUT2D eigenvalue weighted by atomic mass is 10.0. The van der Waals surface area contributed by atoms with Gasteiger partial charge in [-0.2, -0.15) is 4.72 Å². The van der Waals surface area contributed by atoms with Gasteiger partial charge < -0.3 is 9.84 Å². The highest BCUT2D eigenvalue weighted by Gasteiger charge is 2.31. The van der Waals surface area contributed by atoms with Crippen LogP contribution in [0.15, 0.2) is 23.1 Å². The Kier molecular flexibility index (Phi) is 3.51. The summed E-state index contributed by atoms with van der Waals surface area (Å²) in [6, 6.07) is 3.36. The molecule has 0 unspecified atom stereocenters. The first-order valence-electron chi connectivity index (χ1n) is 6.18. The molecule has 1 heterocycles. The van der Waals surface area contributed by atoms with E-state index in [4.69, 9.17) is 9.84 Å². The number of carboxylic acid groups (broad SMARTS) is 1. The molecule has 0 aliphatic carbocycles. The molecular formula is C13H17NO5S. The molecule has 1 aromatic carbocycles. The zero-order valence-electron chi connectivity index (χ0n) is 11.5. The molecule has 1 aliphatic rings. The predicted octanol–water partition coefficient (Wildman–Crippen LogP) is 1.15. The standard InChI is InChI=1S/C13H17NO5S/c1-8(12(15)16)14-20(17,18)10-4-5-11-9(6-10)7-13(2,3)19-11/h4-6,8,14H,7H2,1-3H3,(H,15,16)/t8-/m1/s1. The van der Waals surface area contributed by atoms with E-state index in [0.29, 0.717) is 12.2 Å². The van der Waals surface area contributed by atoms with Gasteiger partial charge in [0.05, 0.1) is 4.90 Å². The summed E-state index contributed by atoms with van der Waals surface area (Å²) < 4.78 is 32.0. The Morgan fingerprint density at radius 2 is 2.10 bits per heavy atom. The Morgan fingerprint density at radius 3 is 2.70 bits per heavy atom. The van der Waals surface area contributed by atoms with Crippen molar-refractivity contribution in [2.75, 3.05) is 0 Å². The summed E-state index contributed by atoms with van der Waals surface area (Å²) in [7, 11) is -3.85. The van der Waals surface area contributed by atoms with Crippen molar-refractivity contribution in [2.45, 2.75) is 43.7 Å². The fourth-order valence-corrected chi connectivity index (χ4v) is 3.35. The highest BCUT2D eigenvalue weighted by molar-refractivity contribution is 7.89. The summed E-state index contributed by atoms with van der Waals surface area (Å²) in [4.78, 5) is 10.8. The highest BCUT2D eigenvalue weighted by Crippen LogP contribution is 2.35. The summed E-state index contributed by atoms with van der Waals surface area (Å²) >= 11 is 0. The van der Waals surface area contributed by atoms with Gasteiger partial charge in [-0.05, 0) is 44.5 Å². The third-order valence-electron chi connectivity index (χ3n) is 3.05. The summed E-state index contributed by atoms with van der Waals surface area (Å²) in [5.74, 6) is -0.556.